The third kappa shape index (κ3) is 3.00. The van der Waals surface area contributed by atoms with Gasteiger partial charge >= 0.3 is 0 Å². The maximum absolute atomic E-state index is 12.2. The van der Waals surface area contributed by atoms with Gasteiger partial charge in [0.15, 0.2) is 0 Å². The predicted molar refractivity (Wildman–Crippen MR) is 83.5 cm³/mol. The lowest BCUT2D eigenvalue weighted by Crippen LogP contribution is -2.40. The standard InChI is InChI=1S/C15H15NO4S2/c1-10-6-7-14(21-10)22(18,19)16-15(17)12-8-11-4-2-3-5-13(11)20-9-12/h2-7,12H,8-9H2,1H3,(H,16,17). The number of ether oxygens (including phenoxy) is 1. The molecule has 1 unspecified atom stereocenters. The van der Waals surface area contributed by atoms with Crippen LogP contribution in [0.3, 0.4) is 0 Å². The van der Waals surface area contributed by atoms with Gasteiger partial charge in [0, 0.05) is 4.88 Å². The van der Waals surface area contributed by atoms with Gasteiger partial charge in [0.2, 0.25) is 5.91 Å². The minimum absolute atomic E-state index is 0.149. The maximum atomic E-state index is 12.2. The van der Waals surface area contributed by atoms with Crippen LogP contribution in [0.5, 0.6) is 5.75 Å². The van der Waals surface area contributed by atoms with Crippen LogP contribution in [0.15, 0.2) is 40.6 Å². The second-order valence-electron chi connectivity index (χ2n) is 5.15. The van der Waals surface area contributed by atoms with E-state index in [1.165, 1.54) is 6.07 Å². The largest absolute Gasteiger partial charge is 0.492 e. The zero-order valence-electron chi connectivity index (χ0n) is 11.9. The number of aryl methyl sites for hydroxylation is 1. The number of hydrogen-bond donors (Lipinski definition) is 1. The first-order valence-electron chi connectivity index (χ1n) is 6.79. The van der Waals surface area contributed by atoms with Crippen molar-refractivity contribution in [3.05, 3.63) is 46.8 Å². The van der Waals surface area contributed by atoms with E-state index < -0.39 is 21.8 Å². The van der Waals surface area contributed by atoms with Crippen LogP contribution in [-0.2, 0) is 21.2 Å². The Morgan fingerprint density at radius 1 is 1.27 bits per heavy atom. The van der Waals surface area contributed by atoms with E-state index in [1.54, 1.807) is 6.07 Å². The molecule has 1 aromatic carbocycles. The molecular weight excluding hydrogens is 322 g/mol. The predicted octanol–water partition coefficient (Wildman–Crippen LogP) is 2.11. The average Bonchev–Trinajstić information content (AvgIpc) is 2.94. The zero-order chi connectivity index (χ0) is 15.7. The molecule has 1 atom stereocenters. The molecule has 0 aliphatic carbocycles. The van der Waals surface area contributed by atoms with Gasteiger partial charge < -0.3 is 4.74 Å². The molecule has 1 aliphatic rings. The van der Waals surface area contributed by atoms with Crippen LogP contribution in [0.2, 0.25) is 0 Å². The van der Waals surface area contributed by atoms with E-state index in [2.05, 4.69) is 4.72 Å². The minimum atomic E-state index is -3.80. The van der Waals surface area contributed by atoms with Gasteiger partial charge in [-0.2, -0.15) is 0 Å². The molecule has 2 aromatic rings. The van der Waals surface area contributed by atoms with Crippen LogP contribution >= 0.6 is 11.3 Å². The number of hydrogen-bond acceptors (Lipinski definition) is 5. The highest BCUT2D eigenvalue weighted by Crippen LogP contribution is 2.27. The summed E-state index contributed by atoms with van der Waals surface area (Å²) in [4.78, 5) is 13.1. The van der Waals surface area contributed by atoms with Crippen LogP contribution in [0, 0.1) is 12.8 Å². The highest BCUT2D eigenvalue weighted by atomic mass is 32.2. The van der Waals surface area contributed by atoms with Crippen LogP contribution < -0.4 is 9.46 Å². The topological polar surface area (TPSA) is 72.5 Å². The fourth-order valence-corrected chi connectivity index (χ4v) is 4.65. The zero-order valence-corrected chi connectivity index (χ0v) is 13.5. The summed E-state index contributed by atoms with van der Waals surface area (Å²) in [5.41, 5.74) is 0.915. The summed E-state index contributed by atoms with van der Waals surface area (Å²) in [5.74, 6) is -0.283. The van der Waals surface area contributed by atoms with E-state index in [-0.39, 0.29) is 10.8 Å². The number of benzene rings is 1. The number of para-hydroxylation sites is 1. The molecule has 0 fully saturated rings. The lowest BCUT2D eigenvalue weighted by atomic mass is 9.96. The van der Waals surface area contributed by atoms with Crippen molar-refractivity contribution in [1.29, 1.82) is 0 Å². The van der Waals surface area contributed by atoms with Crippen molar-refractivity contribution in [3.8, 4) is 5.75 Å². The second kappa shape index (κ2) is 5.73. The monoisotopic (exact) mass is 337 g/mol. The van der Waals surface area contributed by atoms with Gasteiger partial charge in [0.1, 0.15) is 16.6 Å². The summed E-state index contributed by atoms with van der Waals surface area (Å²) in [6.45, 7) is 2.00. The van der Waals surface area contributed by atoms with Gasteiger partial charge in [-0.25, -0.2) is 13.1 Å². The third-order valence-corrected chi connectivity index (χ3v) is 6.30. The summed E-state index contributed by atoms with van der Waals surface area (Å²) in [7, 11) is -3.80. The van der Waals surface area contributed by atoms with Crippen molar-refractivity contribution in [2.24, 2.45) is 5.92 Å². The molecule has 2 heterocycles. The molecule has 0 spiro atoms. The van der Waals surface area contributed by atoms with E-state index >= 15 is 0 Å². The Bertz CT molecular complexity index is 810. The molecule has 1 aromatic heterocycles. The summed E-state index contributed by atoms with van der Waals surface area (Å²) in [6.07, 6.45) is 0.473. The van der Waals surface area contributed by atoms with E-state index in [9.17, 15) is 13.2 Å². The van der Waals surface area contributed by atoms with E-state index in [0.29, 0.717) is 6.42 Å². The summed E-state index contributed by atoms with van der Waals surface area (Å²) in [6, 6.07) is 10.7. The number of fused-ring (bicyclic) bond motifs is 1. The molecule has 1 aliphatic heterocycles. The molecule has 0 saturated heterocycles. The van der Waals surface area contributed by atoms with Crippen molar-refractivity contribution in [1.82, 2.24) is 4.72 Å². The van der Waals surface area contributed by atoms with Crippen molar-refractivity contribution >= 4 is 27.3 Å². The van der Waals surface area contributed by atoms with Crippen LogP contribution in [0.4, 0.5) is 0 Å². The van der Waals surface area contributed by atoms with E-state index in [0.717, 1.165) is 27.5 Å². The molecule has 22 heavy (non-hydrogen) atoms. The van der Waals surface area contributed by atoms with Gasteiger partial charge in [-0.1, -0.05) is 18.2 Å². The highest BCUT2D eigenvalue weighted by molar-refractivity contribution is 7.92. The average molecular weight is 337 g/mol. The number of sulfonamides is 1. The fraction of sp³-hybridized carbons (Fsp3) is 0.267. The van der Waals surface area contributed by atoms with Gasteiger partial charge in [-0.3, -0.25) is 4.79 Å². The number of carbonyl (C=O) groups is 1. The molecule has 0 bridgehead atoms. The first kappa shape index (κ1) is 15.1. The Balaban J connectivity index is 1.73. The van der Waals surface area contributed by atoms with Gasteiger partial charge in [0.05, 0.1) is 5.92 Å². The molecule has 1 N–H and O–H groups in total. The Labute approximate surface area is 133 Å². The molecule has 3 rings (SSSR count). The van der Waals surface area contributed by atoms with E-state index in [1.807, 2.05) is 31.2 Å². The van der Waals surface area contributed by atoms with Crippen molar-refractivity contribution < 1.29 is 17.9 Å². The first-order chi connectivity index (χ1) is 10.5. The molecule has 0 radical (unpaired) electrons. The molecule has 1 amide bonds. The smallest absolute Gasteiger partial charge is 0.273 e. The highest BCUT2D eigenvalue weighted by Gasteiger charge is 2.29. The number of nitrogens with one attached hydrogen (secondary N) is 1. The molecule has 5 nitrogen and oxygen atoms in total. The van der Waals surface area contributed by atoms with Gasteiger partial charge in [-0.05, 0) is 37.1 Å². The van der Waals surface area contributed by atoms with Crippen LogP contribution in [0.25, 0.3) is 0 Å². The van der Waals surface area contributed by atoms with Crippen LogP contribution in [-0.4, -0.2) is 20.9 Å². The molecular formula is C15H15NO4S2. The summed E-state index contributed by atoms with van der Waals surface area (Å²) < 4.78 is 32.2. The Hall–Kier alpha value is -1.86. The normalized spacial score (nSPS) is 17.4. The van der Waals surface area contributed by atoms with Crippen molar-refractivity contribution in [2.75, 3.05) is 6.61 Å². The van der Waals surface area contributed by atoms with Crippen molar-refractivity contribution in [3.63, 3.8) is 0 Å². The maximum Gasteiger partial charge on any atom is 0.273 e. The molecule has 0 saturated carbocycles. The lowest BCUT2D eigenvalue weighted by molar-refractivity contribution is -0.124. The minimum Gasteiger partial charge on any atom is -0.492 e. The SMILES string of the molecule is Cc1ccc(S(=O)(=O)NC(=O)C2COc3ccccc3C2)s1. The second-order valence-corrected chi connectivity index (χ2v) is 8.35. The third-order valence-electron chi connectivity index (χ3n) is 3.47. The van der Waals surface area contributed by atoms with Crippen molar-refractivity contribution in [2.45, 2.75) is 17.6 Å². The quantitative estimate of drug-likeness (QED) is 0.931. The van der Waals surface area contributed by atoms with Gasteiger partial charge in [0.25, 0.3) is 10.0 Å². The number of carbonyl (C=O) groups excluding carboxylic acids is 1. The first-order valence-corrected chi connectivity index (χ1v) is 9.09. The number of rotatable bonds is 3. The van der Waals surface area contributed by atoms with E-state index in [4.69, 9.17) is 4.74 Å². The lowest BCUT2D eigenvalue weighted by Gasteiger charge is -2.24. The Kier molecular flexibility index (Phi) is 3.92. The molecule has 7 heteroatoms. The number of thiophene rings is 1. The number of amides is 1. The Morgan fingerprint density at radius 2 is 2.05 bits per heavy atom. The fourth-order valence-electron chi connectivity index (χ4n) is 2.32. The Morgan fingerprint density at radius 3 is 2.77 bits per heavy atom. The van der Waals surface area contributed by atoms with Gasteiger partial charge in [-0.15, -0.1) is 11.3 Å². The summed E-state index contributed by atoms with van der Waals surface area (Å²) >= 11 is 1.14. The van der Waals surface area contributed by atoms with Crippen LogP contribution in [0.1, 0.15) is 10.4 Å². The summed E-state index contributed by atoms with van der Waals surface area (Å²) in [5, 5.41) is 0. The molecule has 116 valence electrons.